The molecule has 2 heterocycles. The zero-order valence-corrected chi connectivity index (χ0v) is 11.3. The van der Waals surface area contributed by atoms with Crippen LogP contribution in [0.1, 0.15) is 42.7 Å². The van der Waals surface area contributed by atoms with E-state index in [1.165, 1.54) is 0 Å². The fraction of sp³-hybridized carbons (Fsp3) is 0.571. The van der Waals surface area contributed by atoms with Crippen LogP contribution in [0.3, 0.4) is 0 Å². The minimum absolute atomic E-state index is 0.0618. The monoisotopic (exact) mass is 247 g/mol. The molecule has 1 aliphatic rings. The van der Waals surface area contributed by atoms with Crippen molar-refractivity contribution < 1.29 is 4.79 Å². The molecular formula is C14H21N3O. The maximum Gasteiger partial charge on any atom is 0.256 e. The van der Waals surface area contributed by atoms with Gasteiger partial charge in [-0.05, 0) is 38.7 Å². The van der Waals surface area contributed by atoms with Crippen LogP contribution < -0.4 is 5.73 Å². The molecule has 1 fully saturated rings. The number of carbonyl (C=O) groups is 1. The number of rotatable bonds is 1. The summed E-state index contributed by atoms with van der Waals surface area (Å²) in [5.41, 5.74) is 7.65. The molecule has 1 aliphatic heterocycles. The van der Waals surface area contributed by atoms with E-state index in [1.54, 1.807) is 12.3 Å². The van der Waals surface area contributed by atoms with Crippen molar-refractivity contribution in [2.24, 2.45) is 5.92 Å². The first-order valence-corrected chi connectivity index (χ1v) is 6.52. The molecule has 0 aliphatic carbocycles. The largest absolute Gasteiger partial charge is 0.397 e. The number of hydrogen-bond donors (Lipinski definition) is 1. The van der Waals surface area contributed by atoms with Crippen LogP contribution in [0, 0.1) is 12.8 Å². The molecule has 1 aromatic rings. The number of nitrogens with zero attached hydrogens (tertiary/aromatic N) is 2. The highest BCUT2D eigenvalue weighted by Gasteiger charge is 2.28. The van der Waals surface area contributed by atoms with Gasteiger partial charge in [0.25, 0.3) is 5.91 Å². The molecule has 4 nitrogen and oxygen atoms in total. The van der Waals surface area contributed by atoms with E-state index in [2.05, 4.69) is 18.8 Å². The highest BCUT2D eigenvalue weighted by atomic mass is 16.2. The fourth-order valence-electron chi connectivity index (χ4n) is 2.63. The molecule has 2 unspecified atom stereocenters. The predicted molar refractivity (Wildman–Crippen MR) is 72.3 cm³/mol. The Morgan fingerprint density at radius 3 is 2.89 bits per heavy atom. The lowest BCUT2D eigenvalue weighted by Gasteiger charge is -2.36. The van der Waals surface area contributed by atoms with Crippen molar-refractivity contribution in [3.05, 3.63) is 23.5 Å². The Morgan fingerprint density at radius 1 is 1.50 bits per heavy atom. The van der Waals surface area contributed by atoms with Gasteiger partial charge in [0.1, 0.15) is 0 Å². The number of aromatic nitrogens is 1. The zero-order valence-electron chi connectivity index (χ0n) is 11.3. The summed E-state index contributed by atoms with van der Waals surface area (Å²) in [4.78, 5) is 18.6. The molecule has 0 saturated carbocycles. The molecule has 2 atom stereocenters. The van der Waals surface area contributed by atoms with E-state index in [9.17, 15) is 4.79 Å². The van der Waals surface area contributed by atoms with Crippen molar-refractivity contribution in [3.63, 3.8) is 0 Å². The van der Waals surface area contributed by atoms with Crippen LogP contribution in [0.4, 0.5) is 5.69 Å². The van der Waals surface area contributed by atoms with Gasteiger partial charge in [-0.3, -0.25) is 9.78 Å². The second-order valence-corrected chi connectivity index (χ2v) is 5.38. The number of amides is 1. The number of likely N-dealkylation sites (tertiary alicyclic amines) is 1. The van der Waals surface area contributed by atoms with Crippen molar-refractivity contribution in [1.29, 1.82) is 0 Å². The summed E-state index contributed by atoms with van der Waals surface area (Å²) in [7, 11) is 0. The lowest BCUT2D eigenvalue weighted by molar-refractivity contribution is 0.0587. The quantitative estimate of drug-likeness (QED) is 0.828. The topological polar surface area (TPSA) is 59.2 Å². The third-order valence-corrected chi connectivity index (χ3v) is 3.74. The van der Waals surface area contributed by atoms with Crippen molar-refractivity contribution in [1.82, 2.24) is 9.88 Å². The van der Waals surface area contributed by atoms with Crippen molar-refractivity contribution >= 4 is 11.6 Å². The summed E-state index contributed by atoms with van der Waals surface area (Å²) < 4.78 is 0. The summed E-state index contributed by atoms with van der Waals surface area (Å²) in [5, 5.41) is 0. The average Bonchev–Trinajstić information content (AvgIpc) is 2.31. The van der Waals surface area contributed by atoms with Gasteiger partial charge >= 0.3 is 0 Å². The SMILES string of the molecule is Cc1ncc(N)cc1C(=O)N1CCC(C)CC1C. The van der Waals surface area contributed by atoms with Crippen molar-refractivity contribution in [3.8, 4) is 0 Å². The van der Waals surface area contributed by atoms with Gasteiger partial charge in [0.05, 0.1) is 23.1 Å². The first kappa shape index (κ1) is 12.9. The van der Waals surface area contributed by atoms with Gasteiger partial charge in [-0.2, -0.15) is 0 Å². The predicted octanol–water partition coefficient (Wildman–Crippen LogP) is 2.23. The van der Waals surface area contributed by atoms with E-state index in [0.717, 1.165) is 25.1 Å². The summed E-state index contributed by atoms with van der Waals surface area (Å²) in [6, 6.07) is 2.03. The van der Waals surface area contributed by atoms with Crippen LogP contribution in [-0.2, 0) is 0 Å². The van der Waals surface area contributed by atoms with Crippen LogP contribution in [0.5, 0.6) is 0 Å². The maximum atomic E-state index is 12.5. The molecule has 1 aromatic heterocycles. The molecule has 2 rings (SSSR count). The molecule has 0 spiro atoms. The molecule has 0 bridgehead atoms. The van der Waals surface area contributed by atoms with E-state index in [4.69, 9.17) is 5.73 Å². The fourth-order valence-corrected chi connectivity index (χ4v) is 2.63. The Balaban J connectivity index is 2.23. The van der Waals surface area contributed by atoms with Crippen molar-refractivity contribution in [2.45, 2.75) is 39.7 Å². The van der Waals surface area contributed by atoms with Gasteiger partial charge in [0, 0.05) is 12.6 Å². The first-order chi connectivity index (χ1) is 8.49. The summed E-state index contributed by atoms with van der Waals surface area (Å²) in [6.07, 6.45) is 3.74. The second kappa shape index (κ2) is 4.96. The summed E-state index contributed by atoms with van der Waals surface area (Å²) in [6.45, 7) is 7.04. The number of carbonyl (C=O) groups excluding carboxylic acids is 1. The number of nitrogen functional groups attached to an aromatic ring is 1. The minimum atomic E-state index is 0.0618. The second-order valence-electron chi connectivity index (χ2n) is 5.38. The Bertz CT molecular complexity index is 458. The Morgan fingerprint density at radius 2 is 2.22 bits per heavy atom. The first-order valence-electron chi connectivity index (χ1n) is 6.52. The number of nitrogens with two attached hydrogens (primary N) is 1. The standard InChI is InChI=1S/C14H21N3O/c1-9-4-5-17(10(2)6-9)14(18)13-7-12(15)8-16-11(13)3/h7-10H,4-6,15H2,1-3H3. The lowest BCUT2D eigenvalue weighted by Crippen LogP contribution is -2.44. The maximum absolute atomic E-state index is 12.5. The van der Waals surface area contributed by atoms with Crippen LogP contribution in [0.2, 0.25) is 0 Å². The molecule has 18 heavy (non-hydrogen) atoms. The van der Waals surface area contributed by atoms with E-state index in [-0.39, 0.29) is 5.91 Å². The number of aryl methyl sites for hydroxylation is 1. The molecular weight excluding hydrogens is 226 g/mol. The molecule has 98 valence electrons. The Hall–Kier alpha value is -1.58. The van der Waals surface area contributed by atoms with Crippen LogP contribution >= 0.6 is 0 Å². The Labute approximate surface area is 108 Å². The number of piperidine rings is 1. The number of anilines is 1. The molecule has 1 amide bonds. The van der Waals surface area contributed by atoms with Gasteiger partial charge in [-0.25, -0.2) is 0 Å². The van der Waals surface area contributed by atoms with Crippen LogP contribution in [0.15, 0.2) is 12.3 Å². The lowest BCUT2D eigenvalue weighted by atomic mass is 9.93. The summed E-state index contributed by atoms with van der Waals surface area (Å²) >= 11 is 0. The van der Waals surface area contributed by atoms with Crippen LogP contribution in [-0.4, -0.2) is 28.4 Å². The normalized spacial score (nSPS) is 24.1. The molecule has 2 N–H and O–H groups in total. The molecule has 0 radical (unpaired) electrons. The molecule has 0 aromatic carbocycles. The van der Waals surface area contributed by atoms with Gasteiger partial charge < -0.3 is 10.6 Å². The third-order valence-electron chi connectivity index (χ3n) is 3.74. The van der Waals surface area contributed by atoms with Gasteiger partial charge in [-0.1, -0.05) is 6.92 Å². The highest BCUT2D eigenvalue weighted by molar-refractivity contribution is 5.96. The Kier molecular flexibility index (Phi) is 3.55. The zero-order chi connectivity index (χ0) is 13.3. The smallest absolute Gasteiger partial charge is 0.256 e. The van der Waals surface area contributed by atoms with E-state index in [0.29, 0.717) is 23.2 Å². The average molecular weight is 247 g/mol. The van der Waals surface area contributed by atoms with E-state index in [1.807, 2.05) is 11.8 Å². The highest BCUT2D eigenvalue weighted by Crippen LogP contribution is 2.24. The molecule has 1 saturated heterocycles. The van der Waals surface area contributed by atoms with Crippen LogP contribution in [0.25, 0.3) is 0 Å². The van der Waals surface area contributed by atoms with Gasteiger partial charge in [0.2, 0.25) is 0 Å². The number of pyridine rings is 1. The van der Waals surface area contributed by atoms with E-state index >= 15 is 0 Å². The third kappa shape index (κ3) is 2.47. The van der Waals surface area contributed by atoms with Gasteiger partial charge in [-0.15, -0.1) is 0 Å². The number of hydrogen-bond acceptors (Lipinski definition) is 3. The molecule has 4 heteroatoms. The summed E-state index contributed by atoms with van der Waals surface area (Å²) in [5.74, 6) is 0.760. The van der Waals surface area contributed by atoms with E-state index < -0.39 is 0 Å². The van der Waals surface area contributed by atoms with Gasteiger partial charge in [0.15, 0.2) is 0 Å². The van der Waals surface area contributed by atoms with Crippen molar-refractivity contribution in [2.75, 3.05) is 12.3 Å². The minimum Gasteiger partial charge on any atom is -0.397 e.